The number of para-hydroxylation sites is 1. The second-order valence-corrected chi connectivity index (χ2v) is 9.84. The van der Waals surface area contributed by atoms with Crippen LogP contribution in [0.1, 0.15) is 36.8 Å². The second-order valence-electron chi connectivity index (χ2n) is 7.98. The Balaban J connectivity index is 1.55. The highest BCUT2D eigenvalue weighted by Crippen LogP contribution is 2.51. The van der Waals surface area contributed by atoms with Crippen LogP contribution in [-0.4, -0.2) is 24.7 Å². The van der Waals surface area contributed by atoms with E-state index in [4.69, 9.17) is 0 Å². The lowest BCUT2D eigenvalue weighted by molar-refractivity contribution is 0.477. The summed E-state index contributed by atoms with van der Waals surface area (Å²) in [6.45, 7) is 2.54. The van der Waals surface area contributed by atoms with Crippen LogP contribution >= 0.6 is 0 Å². The molecule has 144 valence electrons. The fourth-order valence-electron chi connectivity index (χ4n) is 4.76. The molecule has 5 rings (SSSR count). The van der Waals surface area contributed by atoms with Gasteiger partial charge >= 0.3 is 0 Å². The predicted molar refractivity (Wildman–Crippen MR) is 109 cm³/mol. The molecule has 2 aromatic carbocycles. The lowest BCUT2D eigenvalue weighted by atomic mass is 9.81. The molecule has 1 aliphatic heterocycles. The quantitative estimate of drug-likeness (QED) is 0.670. The standard InChI is InChI=1S/C22H23N3O2S/c1-17-7-6-8-18(13-17)24-15-19(14-23-24)28(26,27)25-16-22(11-4-5-12-22)20-9-2-3-10-21(20)25/h2-3,6-10,13-15H,4-5,11-12,16H2,1H3. The molecule has 6 heteroatoms. The molecule has 0 N–H and O–H groups in total. The van der Waals surface area contributed by atoms with Gasteiger partial charge < -0.3 is 0 Å². The first-order valence-corrected chi connectivity index (χ1v) is 11.2. The molecule has 3 aromatic rings. The molecule has 1 saturated carbocycles. The van der Waals surface area contributed by atoms with Gasteiger partial charge in [-0.2, -0.15) is 5.10 Å². The molecule has 1 fully saturated rings. The van der Waals surface area contributed by atoms with Gasteiger partial charge in [-0.1, -0.05) is 43.2 Å². The van der Waals surface area contributed by atoms with E-state index in [2.05, 4.69) is 11.2 Å². The minimum absolute atomic E-state index is 0.0315. The van der Waals surface area contributed by atoms with Crippen LogP contribution in [0.4, 0.5) is 5.69 Å². The summed E-state index contributed by atoms with van der Waals surface area (Å²) in [6, 6.07) is 15.8. The van der Waals surface area contributed by atoms with Crippen molar-refractivity contribution in [3.8, 4) is 5.69 Å². The van der Waals surface area contributed by atoms with Gasteiger partial charge in [-0.3, -0.25) is 4.31 Å². The average molecular weight is 394 g/mol. The molecule has 2 aliphatic rings. The van der Waals surface area contributed by atoms with Crippen LogP contribution in [-0.2, 0) is 15.4 Å². The zero-order valence-electron chi connectivity index (χ0n) is 15.9. The molecular formula is C22H23N3O2S. The van der Waals surface area contributed by atoms with Crippen molar-refractivity contribution < 1.29 is 8.42 Å². The van der Waals surface area contributed by atoms with Crippen LogP contribution in [0.5, 0.6) is 0 Å². The lowest BCUT2D eigenvalue weighted by Gasteiger charge is -2.25. The van der Waals surface area contributed by atoms with Gasteiger partial charge in [0.05, 0.1) is 23.8 Å². The summed E-state index contributed by atoms with van der Waals surface area (Å²) < 4.78 is 30.3. The topological polar surface area (TPSA) is 55.2 Å². The van der Waals surface area contributed by atoms with Crippen LogP contribution in [0.25, 0.3) is 5.69 Å². The third kappa shape index (κ3) is 2.58. The second kappa shape index (κ2) is 6.21. The molecule has 0 amide bonds. The van der Waals surface area contributed by atoms with E-state index in [-0.39, 0.29) is 10.3 Å². The van der Waals surface area contributed by atoms with E-state index < -0.39 is 10.0 Å². The molecule has 1 aliphatic carbocycles. The molecule has 5 nitrogen and oxygen atoms in total. The van der Waals surface area contributed by atoms with Gasteiger partial charge in [0.1, 0.15) is 4.90 Å². The van der Waals surface area contributed by atoms with Gasteiger partial charge in [-0.15, -0.1) is 0 Å². The van der Waals surface area contributed by atoms with Crippen LogP contribution in [0.2, 0.25) is 0 Å². The van der Waals surface area contributed by atoms with E-state index in [1.54, 1.807) is 15.2 Å². The Kier molecular flexibility index (Phi) is 3.88. The number of hydrogen-bond acceptors (Lipinski definition) is 3. The minimum Gasteiger partial charge on any atom is -0.265 e. The third-order valence-corrected chi connectivity index (χ3v) is 7.88. The van der Waals surface area contributed by atoms with Crippen LogP contribution in [0, 0.1) is 6.92 Å². The van der Waals surface area contributed by atoms with E-state index in [1.165, 1.54) is 11.8 Å². The molecule has 1 aromatic heterocycles. The maximum atomic E-state index is 13.5. The Labute approximate surface area is 165 Å². The van der Waals surface area contributed by atoms with Crippen molar-refractivity contribution in [1.29, 1.82) is 0 Å². The third-order valence-electron chi connectivity index (χ3n) is 6.16. The SMILES string of the molecule is Cc1cccc(-n2cc(S(=O)(=O)N3CC4(CCCC4)c4ccccc43)cn2)c1. The van der Waals surface area contributed by atoms with Crippen LogP contribution < -0.4 is 4.31 Å². The number of rotatable bonds is 3. The Morgan fingerprint density at radius 2 is 1.82 bits per heavy atom. The zero-order valence-corrected chi connectivity index (χ0v) is 16.7. The van der Waals surface area contributed by atoms with Crippen LogP contribution in [0.15, 0.2) is 65.8 Å². The van der Waals surface area contributed by atoms with Crippen molar-refractivity contribution in [1.82, 2.24) is 9.78 Å². The number of benzene rings is 2. The Morgan fingerprint density at radius 1 is 1.04 bits per heavy atom. The van der Waals surface area contributed by atoms with Crippen LogP contribution in [0.3, 0.4) is 0 Å². The Bertz CT molecular complexity index is 1140. The lowest BCUT2D eigenvalue weighted by Crippen LogP contribution is -2.35. The number of anilines is 1. The summed E-state index contributed by atoms with van der Waals surface area (Å²) in [5, 5.41) is 4.32. The summed E-state index contributed by atoms with van der Waals surface area (Å²) in [4.78, 5) is 0.235. The summed E-state index contributed by atoms with van der Waals surface area (Å²) in [7, 11) is -3.66. The average Bonchev–Trinajstić information content (AvgIpc) is 3.43. The van der Waals surface area contributed by atoms with Crippen molar-refractivity contribution in [2.45, 2.75) is 42.9 Å². The maximum absolute atomic E-state index is 13.5. The summed E-state index contributed by atoms with van der Waals surface area (Å²) in [6.07, 6.45) is 7.50. The van der Waals surface area contributed by atoms with Gasteiger partial charge in [-0.25, -0.2) is 13.1 Å². The molecular weight excluding hydrogens is 370 g/mol. The van der Waals surface area contributed by atoms with Crippen molar-refractivity contribution in [2.75, 3.05) is 10.8 Å². The molecule has 0 bridgehead atoms. The monoisotopic (exact) mass is 393 g/mol. The van der Waals surface area contributed by atoms with Gasteiger partial charge in [0.25, 0.3) is 10.0 Å². The predicted octanol–water partition coefficient (Wildman–Crippen LogP) is 4.20. The first kappa shape index (κ1) is 17.5. The molecule has 1 spiro atoms. The van der Waals surface area contributed by atoms with Gasteiger partial charge in [0, 0.05) is 12.0 Å². The highest BCUT2D eigenvalue weighted by molar-refractivity contribution is 7.92. The molecule has 2 heterocycles. The normalized spacial score (nSPS) is 18.0. The van der Waals surface area contributed by atoms with Gasteiger partial charge in [0.15, 0.2) is 0 Å². The highest BCUT2D eigenvalue weighted by Gasteiger charge is 2.48. The largest absolute Gasteiger partial charge is 0.267 e. The minimum atomic E-state index is -3.66. The fourth-order valence-corrected chi connectivity index (χ4v) is 6.26. The number of nitrogens with zero attached hydrogens (tertiary/aromatic N) is 3. The van der Waals surface area contributed by atoms with E-state index in [0.29, 0.717) is 6.54 Å². The zero-order chi connectivity index (χ0) is 19.4. The molecule has 0 unspecified atom stereocenters. The molecule has 0 atom stereocenters. The number of fused-ring (bicyclic) bond motifs is 2. The molecule has 0 radical (unpaired) electrons. The van der Waals surface area contributed by atoms with Crippen molar-refractivity contribution in [2.24, 2.45) is 0 Å². The fraction of sp³-hybridized carbons (Fsp3) is 0.318. The Hall–Kier alpha value is -2.60. The number of sulfonamides is 1. The van der Waals surface area contributed by atoms with Gasteiger partial charge in [0.2, 0.25) is 0 Å². The molecule has 0 saturated heterocycles. The van der Waals surface area contributed by atoms with E-state index >= 15 is 0 Å². The van der Waals surface area contributed by atoms with E-state index in [9.17, 15) is 8.42 Å². The summed E-state index contributed by atoms with van der Waals surface area (Å²) in [5.74, 6) is 0. The summed E-state index contributed by atoms with van der Waals surface area (Å²) >= 11 is 0. The van der Waals surface area contributed by atoms with E-state index in [1.807, 2.05) is 49.4 Å². The first-order valence-electron chi connectivity index (χ1n) is 9.74. The smallest absolute Gasteiger partial charge is 0.265 e. The molecule has 28 heavy (non-hydrogen) atoms. The number of hydrogen-bond donors (Lipinski definition) is 0. The highest BCUT2D eigenvalue weighted by atomic mass is 32.2. The van der Waals surface area contributed by atoms with Gasteiger partial charge in [-0.05, 0) is 49.1 Å². The van der Waals surface area contributed by atoms with Crippen molar-refractivity contribution in [3.63, 3.8) is 0 Å². The van der Waals surface area contributed by atoms with Crippen molar-refractivity contribution in [3.05, 3.63) is 72.1 Å². The number of aryl methyl sites for hydroxylation is 1. The number of aromatic nitrogens is 2. The van der Waals surface area contributed by atoms with E-state index in [0.717, 1.165) is 42.6 Å². The van der Waals surface area contributed by atoms with Crippen molar-refractivity contribution >= 4 is 15.7 Å². The first-order chi connectivity index (χ1) is 13.5. The summed E-state index contributed by atoms with van der Waals surface area (Å²) in [5.41, 5.74) is 3.94. The maximum Gasteiger partial charge on any atom is 0.267 e. The Morgan fingerprint density at radius 3 is 2.61 bits per heavy atom.